The Morgan fingerprint density at radius 1 is 1.19 bits per heavy atom. The summed E-state index contributed by atoms with van der Waals surface area (Å²) < 4.78 is 43.5. The van der Waals surface area contributed by atoms with E-state index in [2.05, 4.69) is 20.3 Å². The first-order valence-corrected chi connectivity index (χ1v) is 8.66. The average molecular weight is 397 g/mol. The van der Waals surface area contributed by atoms with E-state index >= 15 is 0 Å². The number of alkyl halides is 3. The van der Waals surface area contributed by atoms with Crippen molar-refractivity contribution < 1.29 is 27.5 Å². The monoisotopic (exact) mass is 397 g/mol. The lowest BCUT2D eigenvalue weighted by atomic mass is 10.0. The molecule has 1 aliphatic rings. The zero-order valence-electron chi connectivity index (χ0n) is 14.0. The summed E-state index contributed by atoms with van der Waals surface area (Å²) in [6, 6.07) is 7.15. The van der Waals surface area contributed by atoms with Crippen LogP contribution in [0.5, 0.6) is 0 Å². The molecule has 0 aliphatic carbocycles. The molecular formula is C17H14F3N3O3S. The summed E-state index contributed by atoms with van der Waals surface area (Å²) in [6.07, 6.45) is -4.57. The molecule has 1 aliphatic heterocycles. The smallest absolute Gasteiger partial charge is 0.442 e. The van der Waals surface area contributed by atoms with Crippen molar-refractivity contribution in [2.24, 2.45) is 10.2 Å². The molecule has 142 valence electrons. The van der Waals surface area contributed by atoms with E-state index in [4.69, 9.17) is 0 Å². The summed E-state index contributed by atoms with van der Waals surface area (Å²) >= 11 is 1.27. The number of hydrogen-bond donors (Lipinski definition) is 1. The summed E-state index contributed by atoms with van der Waals surface area (Å²) in [6.45, 7) is 0.125. The number of ether oxygens (including phenoxy) is 1. The molecule has 1 amide bonds. The van der Waals surface area contributed by atoms with Gasteiger partial charge in [0.25, 0.3) is 5.91 Å². The minimum Gasteiger partial charge on any atom is -0.469 e. The van der Waals surface area contributed by atoms with Crippen molar-refractivity contribution in [2.45, 2.75) is 24.8 Å². The summed E-state index contributed by atoms with van der Waals surface area (Å²) in [5, 5.41) is 10.7. The normalized spacial score (nSPS) is 14.7. The zero-order chi connectivity index (χ0) is 19.7. The molecule has 0 saturated carbocycles. The predicted octanol–water partition coefficient (Wildman–Crippen LogP) is 3.57. The molecule has 2 heterocycles. The second-order valence-corrected chi connectivity index (χ2v) is 6.76. The quantitative estimate of drug-likeness (QED) is 0.757. The largest absolute Gasteiger partial charge is 0.469 e. The van der Waals surface area contributed by atoms with Gasteiger partial charge in [-0.1, -0.05) is 24.3 Å². The maximum atomic E-state index is 13.0. The molecule has 1 aromatic carbocycles. The first-order valence-electron chi connectivity index (χ1n) is 7.78. The Morgan fingerprint density at radius 3 is 2.41 bits per heavy atom. The van der Waals surface area contributed by atoms with Gasteiger partial charge >= 0.3 is 17.8 Å². The van der Waals surface area contributed by atoms with Crippen LogP contribution in [0.1, 0.15) is 26.4 Å². The fourth-order valence-electron chi connectivity index (χ4n) is 2.46. The maximum Gasteiger partial charge on any atom is 0.442 e. The molecule has 10 heteroatoms. The van der Waals surface area contributed by atoms with Gasteiger partial charge in [0, 0.05) is 17.0 Å². The van der Waals surface area contributed by atoms with Gasteiger partial charge in [0.15, 0.2) is 0 Å². The molecule has 1 N–H and O–H groups in total. The highest BCUT2D eigenvalue weighted by Gasteiger charge is 2.65. The van der Waals surface area contributed by atoms with E-state index in [0.717, 1.165) is 0 Å². The number of rotatable bonds is 6. The van der Waals surface area contributed by atoms with Crippen molar-refractivity contribution in [1.29, 1.82) is 0 Å². The number of carbonyl (C=O) groups excluding carboxylic acids is 2. The summed E-state index contributed by atoms with van der Waals surface area (Å²) in [5.74, 6) is -0.824. The Kier molecular flexibility index (Phi) is 5.01. The standard InChI is InChI=1S/C17H14F3N3O3S/c1-26-14(24)8-13-12(6-7-27-13)15(25)21-9-10-2-4-11(5-3-10)16(22-23-16)17(18,19)20/h2-7H,8-9H2,1H3,(H,21,25). The highest BCUT2D eigenvalue weighted by atomic mass is 32.1. The van der Waals surface area contributed by atoms with Gasteiger partial charge in [0.2, 0.25) is 0 Å². The van der Waals surface area contributed by atoms with Crippen molar-refractivity contribution in [3.63, 3.8) is 0 Å². The molecule has 2 aromatic rings. The van der Waals surface area contributed by atoms with Crippen LogP contribution in [0.4, 0.5) is 13.2 Å². The first-order chi connectivity index (χ1) is 12.8. The minimum atomic E-state index is -4.57. The number of methoxy groups -OCH3 is 1. The molecule has 0 unspecified atom stereocenters. The van der Waals surface area contributed by atoms with Crippen LogP contribution in [0.15, 0.2) is 45.9 Å². The predicted molar refractivity (Wildman–Crippen MR) is 90.2 cm³/mol. The Morgan fingerprint density at radius 2 is 1.85 bits per heavy atom. The van der Waals surface area contributed by atoms with Gasteiger partial charge in [-0.25, -0.2) is 0 Å². The number of nitrogens with one attached hydrogen (secondary N) is 1. The van der Waals surface area contributed by atoms with Crippen molar-refractivity contribution in [1.82, 2.24) is 5.32 Å². The van der Waals surface area contributed by atoms with Gasteiger partial charge in [-0.15, -0.1) is 21.6 Å². The van der Waals surface area contributed by atoms with Gasteiger partial charge in [-0.05, 0) is 17.0 Å². The summed E-state index contributed by atoms with van der Waals surface area (Å²) in [5.41, 5.74) is -1.53. The van der Waals surface area contributed by atoms with Gasteiger partial charge in [-0.3, -0.25) is 9.59 Å². The summed E-state index contributed by atoms with van der Waals surface area (Å²) in [4.78, 5) is 24.3. The van der Waals surface area contributed by atoms with Crippen molar-refractivity contribution in [3.8, 4) is 0 Å². The fourth-order valence-corrected chi connectivity index (χ4v) is 3.32. The Bertz CT molecular complexity index is 885. The first kappa shape index (κ1) is 19.0. The zero-order valence-corrected chi connectivity index (χ0v) is 14.9. The summed E-state index contributed by atoms with van der Waals surface area (Å²) in [7, 11) is 1.27. The van der Waals surface area contributed by atoms with Gasteiger partial charge in [0.05, 0.1) is 19.1 Å². The lowest BCUT2D eigenvalue weighted by Gasteiger charge is -2.15. The lowest BCUT2D eigenvalue weighted by Crippen LogP contribution is -2.30. The highest BCUT2D eigenvalue weighted by Crippen LogP contribution is 2.52. The fraction of sp³-hybridized carbons (Fsp3) is 0.294. The molecule has 27 heavy (non-hydrogen) atoms. The van der Waals surface area contributed by atoms with Crippen LogP contribution in [0.3, 0.4) is 0 Å². The van der Waals surface area contributed by atoms with Crippen LogP contribution in [-0.4, -0.2) is 25.2 Å². The molecular weight excluding hydrogens is 383 g/mol. The lowest BCUT2D eigenvalue weighted by molar-refractivity contribution is -0.166. The molecule has 0 fully saturated rings. The van der Waals surface area contributed by atoms with Crippen LogP contribution in [0.2, 0.25) is 0 Å². The van der Waals surface area contributed by atoms with Crippen molar-refractivity contribution in [2.75, 3.05) is 7.11 Å². The number of benzene rings is 1. The second kappa shape index (κ2) is 7.10. The van der Waals surface area contributed by atoms with Crippen molar-refractivity contribution >= 4 is 23.2 Å². The van der Waals surface area contributed by atoms with E-state index in [0.29, 0.717) is 16.0 Å². The van der Waals surface area contributed by atoms with Gasteiger partial charge < -0.3 is 10.1 Å². The van der Waals surface area contributed by atoms with Crippen LogP contribution in [-0.2, 0) is 28.2 Å². The highest BCUT2D eigenvalue weighted by molar-refractivity contribution is 7.10. The average Bonchev–Trinajstić information content (AvgIpc) is 3.34. The van der Waals surface area contributed by atoms with E-state index in [-0.39, 0.29) is 24.4 Å². The molecule has 3 rings (SSSR count). The second-order valence-electron chi connectivity index (χ2n) is 5.76. The number of nitrogens with zero attached hydrogens (tertiary/aromatic N) is 2. The van der Waals surface area contributed by atoms with E-state index in [1.807, 2.05) is 0 Å². The molecule has 0 atom stereocenters. The number of halogens is 3. The van der Waals surface area contributed by atoms with E-state index in [1.165, 1.54) is 42.7 Å². The minimum absolute atomic E-state index is 0.00184. The third-order valence-corrected chi connectivity index (χ3v) is 4.95. The molecule has 0 bridgehead atoms. The number of amides is 1. The van der Waals surface area contributed by atoms with Crippen LogP contribution in [0.25, 0.3) is 0 Å². The third kappa shape index (κ3) is 3.85. The third-order valence-electron chi connectivity index (χ3n) is 4.03. The molecule has 0 spiro atoms. The van der Waals surface area contributed by atoms with Crippen molar-refractivity contribution in [3.05, 3.63) is 57.3 Å². The Balaban J connectivity index is 1.62. The number of thiophene rings is 1. The molecule has 6 nitrogen and oxygen atoms in total. The molecule has 0 radical (unpaired) electrons. The van der Waals surface area contributed by atoms with E-state index < -0.39 is 17.8 Å². The van der Waals surface area contributed by atoms with Crippen LogP contribution in [0, 0.1) is 0 Å². The maximum absolute atomic E-state index is 13.0. The number of carbonyl (C=O) groups is 2. The topological polar surface area (TPSA) is 80.1 Å². The molecule has 1 aromatic heterocycles. The number of esters is 1. The van der Waals surface area contributed by atoms with Crippen LogP contribution < -0.4 is 5.32 Å². The molecule has 0 saturated heterocycles. The SMILES string of the molecule is COC(=O)Cc1sccc1C(=O)NCc1ccc(C2(C(F)(F)F)N=N2)cc1. The van der Waals surface area contributed by atoms with Crippen LogP contribution >= 0.6 is 11.3 Å². The van der Waals surface area contributed by atoms with Gasteiger partial charge in [0.1, 0.15) is 0 Å². The van der Waals surface area contributed by atoms with Gasteiger partial charge in [-0.2, -0.15) is 13.2 Å². The van der Waals surface area contributed by atoms with E-state index in [1.54, 1.807) is 11.4 Å². The Hall–Kier alpha value is -2.75. The Labute approximate surface area is 156 Å². The van der Waals surface area contributed by atoms with E-state index in [9.17, 15) is 22.8 Å². The number of hydrogen-bond acceptors (Lipinski definition) is 6.